The van der Waals surface area contributed by atoms with Crippen LogP contribution in [-0.2, 0) is 36.0 Å². The molecule has 0 amide bonds. The van der Waals surface area contributed by atoms with Crippen LogP contribution in [0, 0.1) is 0 Å². The summed E-state index contributed by atoms with van der Waals surface area (Å²) in [5.74, 6) is 0.128. The van der Waals surface area contributed by atoms with Crippen molar-refractivity contribution >= 4 is 16.1 Å². The number of carbonyl (C=O) groups is 1. The molecule has 0 N–H and O–H groups in total. The quantitative estimate of drug-likeness (QED) is 0.457. The van der Waals surface area contributed by atoms with Gasteiger partial charge in [0, 0.05) is 6.42 Å². The topological polar surface area (TPSA) is 78.9 Å². The first-order valence-corrected chi connectivity index (χ1v) is 10.2. The first-order chi connectivity index (χ1) is 12.9. The SMILES string of the molecule is COC(=O)Cc1cccc(OCC[C@H](C)OS(=O)(=O)Cc2ccccc2)c1. The molecule has 2 rings (SSSR count). The average molecular weight is 392 g/mol. The van der Waals surface area contributed by atoms with Gasteiger partial charge in [-0.1, -0.05) is 42.5 Å². The molecular formula is C20H24O6S. The summed E-state index contributed by atoms with van der Waals surface area (Å²) in [6, 6.07) is 16.0. The van der Waals surface area contributed by atoms with Gasteiger partial charge in [0.05, 0.1) is 26.2 Å². The number of benzene rings is 2. The fourth-order valence-corrected chi connectivity index (χ4v) is 3.70. The Labute approximate surface area is 160 Å². The minimum Gasteiger partial charge on any atom is -0.493 e. The predicted octanol–water partition coefficient (Wildman–Crippen LogP) is 3.11. The van der Waals surface area contributed by atoms with Crippen LogP contribution in [-0.4, -0.2) is 34.2 Å². The van der Waals surface area contributed by atoms with Crippen molar-refractivity contribution in [2.45, 2.75) is 31.6 Å². The van der Waals surface area contributed by atoms with Gasteiger partial charge in [-0.05, 0) is 30.2 Å². The minimum absolute atomic E-state index is 0.158. The molecule has 0 aromatic heterocycles. The van der Waals surface area contributed by atoms with Crippen molar-refractivity contribution in [1.82, 2.24) is 0 Å². The number of esters is 1. The van der Waals surface area contributed by atoms with Crippen molar-refractivity contribution < 1.29 is 26.9 Å². The molecule has 146 valence electrons. The van der Waals surface area contributed by atoms with Crippen molar-refractivity contribution in [3.63, 3.8) is 0 Å². The van der Waals surface area contributed by atoms with Gasteiger partial charge in [0.25, 0.3) is 10.1 Å². The molecular weight excluding hydrogens is 368 g/mol. The molecule has 0 heterocycles. The average Bonchev–Trinajstić information content (AvgIpc) is 2.62. The molecule has 2 aromatic carbocycles. The van der Waals surface area contributed by atoms with E-state index in [4.69, 9.17) is 8.92 Å². The Kier molecular flexibility index (Phi) is 7.82. The molecule has 7 heteroatoms. The van der Waals surface area contributed by atoms with E-state index in [2.05, 4.69) is 4.74 Å². The van der Waals surface area contributed by atoms with Crippen LogP contribution >= 0.6 is 0 Å². The lowest BCUT2D eigenvalue weighted by Crippen LogP contribution is -2.19. The number of methoxy groups -OCH3 is 1. The summed E-state index contributed by atoms with van der Waals surface area (Å²) in [4.78, 5) is 11.3. The highest BCUT2D eigenvalue weighted by molar-refractivity contribution is 7.85. The van der Waals surface area contributed by atoms with Gasteiger partial charge in [0.15, 0.2) is 0 Å². The highest BCUT2D eigenvalue weighted by Crippen LogP contribution is 2.16. The second kappa shape index (κ2) is 10.1. The number of hydrogen-bond donors (Lipinski definition) is 0. The zero-order valence-corrected chi connectivity index (χ0v) is 16.3. The van der Waals surface area contributed by atoms with Gasteiger partial charge in [-0.25, -0.2) is 0 Å². The van der Waals surface area contributed by atoms with Gasteiger partial charge in [0.1, 0.15) is 11.5 Å². The summed E-state index contributed by atoms with van der Waals surface area (Å²) in [5, 5.41) is 0. The molecule has 0 fully saturated rings. The Morgan fingerprint density at radius 1 is 1.04 bits per heavy atom. The highest BCUT2D eigenvalue weighted by atomic mass is 32.2. The molecule has 0 saturated carbocycles. The standard InChI is InChI=1S/C20H24O6S/c1-16(26-27(22,23)15-17-7-4-3-5-8-17)11-12-25-19-10-6-9-18(13-19)14-20(21)24-2/h3-10,13,16H,11-12,14-15H2,1-2H3/t16-/m0/s1. The van der Waals surface area contributed by atoms with Crippen LogP contribution in [0.5, 0.6) is 5.75 Å². The molecule has 6 nitrogen and oxygen atoms in total. The van der Waals surface area contributed by atoms with Crippen molar-refractivity contribution in [1.29, 1.82) is 0 Å². The van der Waals surface area contributed by atoms with E-state index >= 15 is 0 Å². The first kappa shape index (κ1) is 20.9. The van der Waals surface area contributed by atoms with E-state index in [0.29, 0.717) is 24.3 Å². The third-order valence-electron chi connectivity index (χ3n) is 3.76. The summed E-state index contributed by atoms with van der Waals surface area (Å²) >= 11 is 0. The maximum absolute atomic E-state index is 12.1. The summed E-state index contributed by atoms with van der Waals surface area (Å²) < 4.78 is 39.7. The molecule has 1 atom stereocenters. The maximum Gasteiger partial charge on any atom is 0.309 e. The van der Waals surface area contributed by atoms with Crippen LogP contribution in [0.3, 0.4) is 0 Å². The molecule has 0 radical (unpaired) electrons. The van der Waals surface area contributed by atoms with E-state index in [1.54, 1.807) is 49.4 Å². The smallest absolute Gasteiger partial charge is 0.309 e. The van der Waals surface area contributed by atoms with Gasteiger partial charge in [0.2, 0.25) is 0 Å². The second-order valence-corrected chi connectivity index (χ2v) is 7.73. The predicted molar refractivity (Wildman–Crippen MR) is 102 cm³/mol. The van der Waals surface area contributed by atoms with Gasteiger partial charge >= 0.3 is 5.97 Å². The molecule has 0 aliphatic rings. The van der Waals surface area contributed by atoms with Crippen molar-refractivity contribution in [2.75, 3.05) is 13.7 Å². The molecule has 0 spiro atoms. The zero-order valence-electron chi connectivity index (χ0n) is 15.5. The number of ether oxygens (including phenoxy) is 2. The summed E-state index contributed by atoms with van der Waals surface area (Å²) in [7, 11) is -2.32. The van der Waals surface area contributed by atoms with Crippen LogP contribution in [0.1, 0.15) is 24.5 Å². The summed E-state index contributed by atoms with van der Waals surface area (Å²) in [5.41, 5.74) is 1.47. The largest absolute Gasteiger partial charge is 0.493 e. The van der Waals surface area contributed by atoms with Gasteiger partial charge in [-0.2, -0.15) is 8.42 Å². The first-order valence-electron chi connectivity index (χ1n) is 8.61. The van der Waals surface area contributed by atoms with Gasteiger partial charge in [-0.15, -0.1) is 0 Å². The Hall–Kier alpha value is -2.38. The van der Waals surface area contributed by atoms with Crippen LogP contribution in [0.15, 0.2) is 54.6 Å². The molecule has 2 aromatic rings. The number of rotatable bonds is 10. The van der Waals surface area contributed by atoms with Crippen molar-refractivity contribution in [3.8, 4) is 5.75 Å². The normalized spacial score (nSPS) is 12.4. The van der Waals surface area contributed by atoms with E-state index in [9.17, 15) is 13.2 Å². The summed E-state index contributed by atoms with van der Waals surface area (Å²) in [6.07, 6.45) is 0.0807. The fraction of sp³-hybridized carbons (Fsp3) is 0.350. The lowest BCUT2D eigenvalue weighted by molar-refractivity contribution is -0.139. The Morgan fingerprint density at radius 3 is 2.44 bits per heavy atom. The number of carbonyl (C=O) groups excluding carboxylic acids is 1. The van der Waals surface area contributed by atoms with Crippen LogP contribution in [0.25, 0.3) is 0 Å². The van der Waals surface area contributed by atoms with E-state index < -0.39 is 16.2 Å². The van der Waals surface area contributed by atoms with Crippen molar-refractivity contribution in [2.24, 2.45) is 0 Å². The molecule has 0 aliphatic carbocycles. The van der Waals surface area contributed by atoms with Crippen molar-refractivity contribution in [3.05, 3.63) is 65.7 Å². The summed E-state index contributed by atoms with van der Waals surface area (Å²) in [6.45, 7) is 1.99. The van der Waals surface area contributed by atoms with Crippen LogP contribution in [0.2, 0.25) is 0 Å². The lowest BCUT2D eigenvalue weighted by atomic mass is 10.1. The molecule has 0 saturated heterocycles. The van der Waals surface area contributed by atoms with Gasteiger partial charge < -0.3 is 9.47 Å². The molecule has 0 bridgehead atoms. The Bertz CT molecular complexity index is 833. The molecule has 27 heavy (non-hydrogen) atoms. The maximum atomic E-state index is 12.1. The third-order valence-corrected chi connectivity index (χ3v) is 5.07. The van der Waals surface area contributed by atoms with Gasteiger partial charge in [-0.3, -0.25) is 8.98 Å². The fourth-order valence-electron chi connectivity index (χ4n) is 2.44. The lowest BCUT2D eigenvalue weighted by Gasteiger charge is -2.14. The molecule has 0 aliphatic heterocycles. The van der Waals surface area contributed by atoms with E-state index in [1.807, 2.05) is 12.1 Å². The van der Waals surface area contributed by atoms with E-state index in [0.717, 1.165) is 5.56 Å². The third kappa shape index (κ3) is 7.80. The Balaban J connectivity index is 1.79. The van der Waals surface area contributed by atoms with E-state index in [-0.39, 0.29) is 18.1 Å². The monoisotopic (exact) mass is 392 g/mol. The molecule has 0 unspecified atom stereocenters. The Morgan fingerprint density at radius 2 is 1.74 bits per heavy atom. The zero-order chi connectivity index (χ0) is 19.7. The second-order valence-electron chi connectivity index (χ2n) is 6.13. The minimum atomic E-state index is -3.66. The van der Waals surface area contributed by atoms with Crippen LogP contribution in [0.4, 0.5) is 0 Å². The number of hydrogen-bond acceptors (Lipinski definition) is 6. The highest BCUT2D eigenvalue weighted by Gasteiger charge is 2.17. The van der Waals surface area contributed by atoms with Crippen LogP contribution < -0.4 is 4.74 Å². The van der Waals surface area contributed by atoms with E-state index in [1.165, 1.54) is 7.11 Å².